The molecule has 0 saturated carbocycles. The number of esters is 1. The van der Waals surface area contributed by atoms with E-state index < -0.39 is 23.7 Å². The van der Waals surface area contributed by atoms with E-state index in [4.69, 9.17) is 4.74 Å². The molecule has 0 atom stereocenters. The van der Waals surface area contributed by atoms with E-state index >= 15 is 0 Å². The van der Waals surface area contributed by atoms with Crippen LogP contribution in [0.5, 0.6) is 0 Å². The van der Waals surface area contributed by atoms with Gasteiger partial charge in [0, 0.05) is 38.1 Å². The Kier molecular flexibility index (Phi) is 12.2. The Labute approximate surface area is 180 Å². The van der Waals surface area contributed by atoms with Gasteiger partial charge < -0.3 is 20.7 Å². The summed E-state index contributed by atoms with van der Waals surface area (Å²) in [6.07, 6.45) is 5.31. The summed E-state index contributed by atoms with van der Waals surface area (Å²) in [5.74, 6) is -2.39. The van der Waals surface area contributed by atoms with Crippen molar-refractivity contribution in [3.63, 3.8) is 0 Å². The lowest BCUT2D eigenvalue weighted by atomic mass is 10.2. The van der Waals surface area contributed by atoms with Gasteiger partial charge in [-0.2, -0.15) is 0 Å². The molecule has 11 heteroatoms. The fraction of sp³-hybridized carbons (Fsp3) is 0.600. The zero-order valence-corrected chi connectivity index (χ0v) is 17.7. The molecule has 1 aliphatic heterocycles. The highest BCUT2D eigenvalue weighted by Gasteiger charge is 2.22. The van der Waals surface area contributed by atoms with Crippen LogP contribution in [0.4, 0.5) is 0 Å². The molecule has 0 aromatic heterocycles. The summed E-state index contributed by atoms with van der Waals surface area (Å²) < 4.78 is 4.89. The van der Waals surface area contributed by atoms with Gasteiger partial charge in [0.2, 0.25) is 17.7 Å². The summed E-state index contributed by atoms with van der Waals surface area (Å²) in [5.41, 5.74) is 0. The second-order valence-electron chi connectivity index (χ2n) is 6.85. The van der Waals surface area contributed by atoms with Crippen LogP contribution in [0.2, 0.25) is 0 Å². The van der Waals surface area contributed by atoms with Gasteiger partial charge >= 0.3 is 5.97 Å². The van der Waals surface area contributed by atoms with Gasteiger partial charge in [-0.25, -0.2) is 0 Å². The highest BCUT2D eigenvalue weighted by atomic mass is 16.5. The number of carbonyl (C=O) groups is 6. The summed E-state index contributed by atoms with van der Waals surface area (Å²) >= 11 is 0. The van der Waals surface area contributed by atoms with Crippen molar-refractivity contribution in [2.45, 2.75) is 45.4 Å². The van der Waals surface area contributed by atoms with Crippen molar-refractivity contribution in [3.8, 4) is 0 Å². The molecule has 0 aromatic rings. The molecule has 0 bridgehead atoms. The number of nitrogens with one attached hydrogen (secondary N) is 3. The van der Waals surface area contributed by atoms with Crippen molar-refractivity contribution >= 4 is 35.5 Å². The van der Waals surface area contributed by atoms with E-state index in [0.29, 0.717) is 19.4 Å². The molecule has 3 N–H and O–H groups in total. The molecule has 0 radical (unpaired) electrons. The minimum atomic E-state index is -0.526. The molecule has 1 aliphatic rings. The van der Waals surface area contributed by atoms with Gasteiger partial charge in [-0.3, -0.25) is 33.7 Å². The fourth-order valence-electron chi connectivity index (χ4n) is 2.50. The molecular weight excluding hydrogens is 408 g/mol. The van der Waals surface area contributed by atoms with Gasteiger partial charge in [0.05, 0.1) is 13.2 Å². The van der Waals surface area contributed by atoms with E-state index in [0.717, 1.165) is 17.7 Å². The Morgan fingerprint density at radius 2 is 1.42 bits per heavy atom. The summed E-state index contributed by atoms with van der Waals surface area (Å²) in [6.45, 7) is 2.07. The molecule has 0 aliphatic carbocycles. The first-order chi connectivity index (χ1) is 14.8. The highest BCUT2D eigenvalue weighted by Crippen LogP contribution is 2.02. The standard InChI is InChI=1S/C20H30N4O7/c1-2-3-12-31-20(30)14-23-17(27)13-22-16(26)7-5-4-6-15(25)21-10-11-24-18(28)8-9-19(24)29/h8-9H,2-7,10-14H2,1H3,(H,21,25)(H,22,26)(H,23,27). The van der Waals surface area contributed by atoms with Crippen LogP contribution in [-0.2, 0) is 33.5 Å². The Hall–Kier alpha value is -3.24. The summed E-state index contributed by atoms with van der Waals surface area (Å²) in [4.78, 5) is 70.2. The number of hydrogen-bond donors (Lipinski definition) is 3. The molecule has 11 nitrogen and oxygen atoms in total. The van der Waals surface area contributed by atoms with Crippen LogP contribution in [0, 0.1) is 0 Å². The fourth-order valence-corrected chi connectivity index (χ4v) is 2.50. The minimum absolute atomic E-state index is 0.108. The lowest BCUT2D eigenvalue weighted by Gasteiger charge is -2.13. The number of ether oxygens (including phenoxy) is 1. The lowest BCUT2D eigenvalue weighted by Crippen LogP contribution is -2.39. The molecule has 31 heavy (non-hydrogen) atoms. The Bertz CT molecular complexity index is 688. The van der Waals surface area contributed by atoms with Crippen molar-refractivity contribution in [2.75, 3.05) is 32.8 Å². The van der Waals surface area contributed by atoms with Crippen molar-refractivity contribution in [3.05, 3.63) is 12.2 Å². The van der Waals surface area contributed by atoms with Crippen molar-refractivity contribution in [1.29, 1.82) is 0 Å². The average molecular weight is 438 g/mol. The van der Waals surface area contributed by atoms with Crippen molar-refractivity contribution < 1.29 is 33.5 Å². The molecular formula is C20H30N4O7. The third kappa shape index (κ3) is 11.5. The van der Waals surface area contributed by atoms with Gasteiger partial charge in [-0.15, -0.1) is 0 Å². The van der Waals surface area contributed by atoms with E-state index in [1.54, 1.807) is 0 Å². The van der Waals surface area contributed by atoms with Crippen molar-refractivity contribution in [2.24, 2.45) is 0 Å². The molecule has 5 amide bonds. The maximum Gasteiger partial charge on any atom is 0.325 e. The van der Waals surface area contributed by atoms with Crippen LogP contribution in [0.1, 0.15) is 45.4 Å². The number of amides is 5. The van der Waals surface area contributed by atoms with Gasteiger partial charge in [-0.1, -0.05) is 13.3 Å². The largest absolute Gasteiger partial charge is 0.464 e. The van der Waals surface area contributed by atoms with E-state index in [1.165, 1.54) is 12.2 Å². The predicted molar refractivity (Wildman–Crippen MR) is 109 cm³/mol. The van der Waals surface area contributed by atoms with Crippen LogP contribution >= 0.6 is 0 Å². The van der Waals surface area contributed by atoms with Gasteiger partial charge in [-0.05, 0) is 19.3 Å². The van der Waals surface area contributed by atoms with Crippen LogP contribution in [0.15, 0.2) is 12.2 Å². The van der Waals surface area contributed by atoms with Gasteiger partial charge in [0.15, 0.2) is 0 Å². The van der Waals surface area contributed by atoms with Crippen LogP contribution < -0.4 is 16.0 Å². The zero-order valence-electron chi connectivity index (χ0n) is 17.7. The quantitative estimate of drug-likeness (QED) is 0.171. The van der Waals surface area contributed by atoms with E-state index in [1.807, 2.05) is 6.92 Å². The summed E-state index contributed by atoms with van der Waals surface area (Å²) in [6, 6.07) is 0. The second kappa shape index (κ2) is 14.7. The third-order valence-corrected chi connectivity index (χ3v) is 4.25. The predicted octanol–water partition coefficient (Wildman–Crippen LogP) is -0.836. The zero-order chi connectivity index (χ0) is 23.1. The SMILES string of the molecule is CCCCOC(=O)CNC(=O)CNC(=O)CCCCC(=O)NCCN1C(=O)C=CC1=O. The maximum absolute atomic E-state index is 11.7. The molecule has 1 rings (SSSR count). The second-order valence-corrected chi connectivity index (χ2v) is 6.85. The maximum atomic E-state index is 11.7. The number of rotatable bonds is 15. The van der Waals surface area contributed by atoms with Gasteiger partial charge in [0.1, 0.15) is 6.54 Å². The summed E-state index contributed by atoms with van der Waals surface area (Å²) in [5, 5.41) is 7.42. The highest BCUT2D eigenvalue weighted by molar-refractivity contribution is 6.12. The molecule has 0 unspecified atom stereocenters. The number of unbranched alkanes of at least 4 members (excludes halogenated alkanes) is 2. The molecule has 172 valence electrons. The monoisotopic (exact) mass is 438 g/mol. The normalized spacial score (nSPS) is 12.6. The first-order valence-electron chi connectivity index (χ1n) is 10.3. The number of hydrogen-bond acceptors (Lipinski definition) is 7. The molecule has 0 spiro atoms. The van der Waals surface area contributed by atoms with Crippen LogP contribution in [0.3, 0.4) is 0 Å². The van der Waals surface area contributed by atoms with Crippen molar-refractivity contribution in [1.82, 2.24) is 20.9 Å². The first-order valence-corrected chi connectivity index (χ1v) is 10.3. The van der Waals surface area contributed by atoms with Crippen LogP contribution in [0.25, 0.3) is 0 Å². The molecule has 0 aromatic carbocycles. The minimum Gasteiger partial charge on any atom is -0.464 e. The molecule has 0 saturated heterocycles. The summed E-state index contributed by atoms with van der Waals surface area (Å²) in [7, 11) is 0. The molecule has 0 fully saturated rings. The van der Waals surface area contributed by atoms with E-state index in [9.17, 15) is 28.8 Å². The third-order valence-electron chi connectivity index (χ3n) is 4.25. The smallest absolute Gasteiger partial charge is 0.325 e. The van der Waals surface area contributed by atoms with Crippen LogP contribution in [-0.4, -0.2) is 73.2 Å². The van der Waals surface area contributed by atoms with Gasteiger partial charge in [0.25, 0.3) is 11.8 Å². The number of imide groups is 1. The average Bonchev–Trinajstić information content (AvgIpc) is 3.06. The van der Waals surface area contributed by atoms with E-state index in [-0.39, 0.29) is 50.8 Å². The lowest BCUT2D eigenvalue weighted by molar-refractivity contribution is -0.144. The van der Waals surface area contributed by atoms with E-state index in [2.05, 4.69) is 16.0 Å². The molecule has 1 heterocycles. The number of carbonyl (C=O) groups excluding carboxylic acids is 6. The first kappa shape index (κ1) is 25.8. The number of nitrogens with zero attached hydrogens (tertiary/aromatic N) is 1. The topological polar surface area (TPSA) is 151 Å². The Balaban J connectivity index is 2.01. The Morgan fingerprint density at radius 3 is 2.03 bits per heavy atom. The Morgan fingerprint density at radius 1 is 0.839 bits per heavy atom.